The molecule has 0 spiro atoms. The van der Waals surface area contributed by atoms with Crippen LogP contribution in [0.2, 0.25) is 0 Å². The summed E-state index contributed by atoms with van der Waals surface area (Å²) in [5, 5.41) is 20.7. The number of rotatable bonds is 3. The lowest BCUT2D eigenvalue weighted by atomic mass is 10.1. The number of carboxylic acid groups (broad SMARTS) is 1. The summed E-state index contributed by atoms with van der Waals surface area (Å²) in [5.74, 6) is -1.58. The molecule has 3 amide bonds. The van der Waals surface area contributed by atoms with E-state index in [-0.39, 0.29) is 19.7 Å². The first kappa shape index (κ1) is 15.2. The zero-order chi connectivity index (χ0) is 14.8. The van der Waals surface area contributed by atoms with Crippen LogP contribution in [0.5, 0.6) is 0 Å². The first-order valence-electron chi connectivity index (χ1n) is 5.85. The van der Waals surface area contributed by atoms with Crippen LogP contribution in [-0.4, -0.2) is 76.2 Å². The number of aliphatic hydroxyl groups excluding tert-OH is 1. The van der Waals surface area contributed by atoms with Gasteiger partial charge in [-0.2, -0.15) is 0 Å². The molecule has 1 rings (SSSR count). The summed E-state index contributed by atoms with van der Waals surface area (Å²) in [4.78, 5) is 36.9. The summed E-state index contributed by atoms with van der Waals surface area (Å²) >= 11 is 0. The van der Waals surface area contributed by atoms with Crippen molar-refractivity contribution in [3.63, 3.8) is 0 Å². The van der Waals surface area contributed by atoms with Crippen LogP contribution in [0.15, 0.2) is 0 Å². The van der Waals surface area contributed by atoms with Crippen LogP contribution in [0.3, 0.4) is 0 Å². The van der Waals surface area contributed by atoms with Gasteiger partial charge in [0.25, 0.3) is 0 Å². The van der Waals surface area contributed by atoms with E-state index in [2.05, 4.69) is 5.32 Å². The third-order valence-corrected chi connectivity index (χ3v) is 3.30. The summed E-state index contributed by atoms with van der Waals surface area (Å²) in [7, 11) is 1.46. The number of nitrogens with zero attached hydrogens (tertiary/aromatic N) is 2. The molecule has 108 valence electrons. The smallest absolute Gasteiger partial charge is 0.328 e. The Kier molecular flexibility index (Phi) is 4.35. The lowest BCUT2D eigenvalue weighted by Gasteiger charge is -2.40. The maximum Gasteiger partial charge on any atom is 0.328 e. The second-order valence-corrected chi connectivity index (χ2v) is 5.10. The van der Waals surface area contributed by atoms with Crippen molar-refractivity contribution in [1.82, 2.24) is 15.1 Å². The molecule has 0 aromatic carbocycles. The molecule has 0 radical (unpaired) electrons. The number of carbonyl (C=O) groups excluding carboxylic acids is 2. The van der Waals surface area contributed by atoms with Gasteiger partial charge in [-0.05, 0) is 13.8 Å². The maximum atomic E-state index is 12.3. The lowest BCUT2D eigenvalue weighted by molar-refractivity contribution is -0.144. The molecule has 8 nitrogen and oxygen atoms in total. The predicted octanol–water partition coefficient (Wildman–Crippen LogP) is -1.31. The average molecular weight is 273 g/mol. The molecule has 1 fully saturated rings. The zero-order valence-electron chi connectivity index (χ0n) is 11.2. The SMILES string of the molecule is CN(C(=O)N1CC(=O)NCC1C(=O)O)C(C)(C)CO. The minimum atomic E-state index is -1.18. The number of piperazine rings is 1. The molecule has 0 aliphatic carbocycles. The van der Waals surface area contributed by atoms with Gasteiger partial charge < -0.3 is 20.4 Å². The number of likely N-dealkylation sites (N-methyl/N-ethyl adjacent to an activating group) is 1. The van der Waals surface area contributed by atoms with Crippen molar-refractivity contribution in [1.29, 1.82) is 0 Å². The highest BCUT2D eigenvalue weighted by Gasteiger charge is 2.39. The average Bonchev–Trinajstić information content (AvgIpc) is 2.36. The van der Waals surface area contributed by atoms with Crippen LogP contribution in [0, 0.1) is 0 Å². The van der Waals surface area contributed by atoms with Gasteiger partial charge in [-0.15, -0.1) is 0 Å². The molecule has 0 aromatic rings. The van der Waals surface area contributed by atoms with Crippen LogP contribution in [-0.2, 0) is 9.59 Å². The van der Waals surface area contributed by atoms with Crippen molar-refractivity contribution in [2.45, 2.75) is 25.4 Å². The Balaban J connectivity index is 2.93. The van der Waals surface area contributed by atoms with E-state index < -0.39 is 29.5 Å². The number of amides is 3. The Bertz CT molecular complexity index is 396. The number of carboxylic acids is 1. The van der Waals surface area contributed by atoms with Crippen molar-refractivity contribution in [2.24, 2.45) is 0 Å². The van der Waals surface area contributed by atoms with E-state index in [0.29, 0.717) is 0 Å². The number of aliphatic hydroxyl groups is 1. The summed E-state index contributed by atoms with van der Waals surface area (Å²) in [6, 6.07) is -1.69. The van der Waals surface area contributed by atoms with Crippen molar-refractivity contribution < 1.29 is 24.6 Å². The Morgan fingerprint density at radius 2 is 2.11 bits per heavy atom. The molecule has 0 aromatic heterocycles. The second kappa shape index (κ2) is 5.43. The highest BCUT2D eigenvalue weighted by molar-refractivity contribution is 5.90. The molecular weight excluding hydrogens is 254 g/mol. The lowest BCUT2D eigenvalue weighted by Crippen LogP contribution is -2.63. The van der Waals surface area contributed by atoms with E-state index in [1.165, 1.54) is 11.9 Å². The van der Waals surface area contributed by atoms with Gasteiger partial charge in [0.15, 0.2) is 0 Å². The van der Waals surface area contributed by atoms with E-state index in [4.69, 9.17) is 5.11 Å². The molecule has 0 saturated carbocycles. The van der Waals surface area contributed by atoms with E-state index in [1.807, 2.05) is 0 Å². The molecule has 1 aliphatic rings. The first-order chi connectivity index (χ1) is 8.70. The van der Waals surface area contributed by atoms with Gasteiger partial charge in [0, 0.05) is 13.6 Å². The number of hydrogen-bond donors (Lipinski definition) is 3. The topological polar surface area (TPSA) is 110 Å². The molecule has 1 aliphatic heterocycles. The normalized spacial score (nSPS) is 19.9. The number of nitrogens with one attached hydrogen (secondary N) is 1. The first-order valence-corrected chi connectivity index (χ1v) is 5.85. The van der Waals surface area contributed by atoms with Gasteiger partial charge >= 0.3 is 12.0 Å². The zero-order valence-corrected chi connectivity index (χ0v) is 11.2. The third kappa shape index (κ3) is 3.14. The molecule has 1 unspecified atom stereocenters. The Morgan fingerprint density at radius 1 is 1.53 bits per heavy atom. The monoisotopic (exact) mass is 273 g/mol. The minimum Gasteiger partial charge on any atom is -0.480 e. The number of carbonyl (C=O) groups is 3. The van der Waals surface area contributed by atoms with Gasteiger partial charge in [-0.1, -0.05) is 0 Å². The van der Waals surface area contributed by atoms with Gasteiger partial charge in [0.2, 0.25) is 5.91 Å². The highest BCUT2D eigenvalue weighted by Crippen LogP contribution is 2.16. The molecule has 1 saturated heterocycles. The van der Waals surface area contributed by atoms with Crippen LogP contribution in [0.4, 0.5) is 4.79 Å². The summed E-state index contributed by atoms with van der Waals surface area (Å²) < 4.78 is 0. The molecule has 19 heavy (non-hydrogen) atoms. The number of urea groups is 1. The Labute approximate surface area is 111 Å². The Hall–Kier alpha value is -1.83. The fraction of sp³-hybridized carbons (Fsp3) is 0.727. The third-order valence-electron chi connectivity index (χ3n) is 3.30. The summed E-state index contributed by atoms with van der Waals surface area (Å²) in [5.41, 5.74) is -0.839. The Morgan fingerprint density at radius 3 is 2.58 bits per heavy atom. The molecule has 8 heteroatoms. The van der Waals surface area contributed by atoms with Crippen LogP contribution in [0.25, 0.3) is 0 Å². The number of hydrogen-bond acceptors (Lipinski definition) is 4. The fourth-order valence-electron chi connectivity index (χ4n) is 1.62. The fourth-order valence-corrected chi connectivity index (χ4v) is 1.62. The van der Waals surface area contributed by atoms with E-state index in [9.17, 15) is 19.5 Å². The van der Waals surface area contributed by atoms with Crippen LogP contribution < -0.4 is 5.32 Å². The van der Waals surface area contributed by atoms with Crippen molar-refractivity contribution in [3.05, 3.63) is 0 Å². The molecule has 1 atom stereocenters. The number of aliphatic carboxylic acids is 1. The van der Waals surface area contributed by atoms with Gasteiger partial charge in [0.05, 0.1) is 12.1 Å². The predicted molar refractivity (Wildman–Crippen MR) is 65.5 cm³/mol. The highest BCUT2D eigenvalue weighted by atomic mass is 16.4. The molecule has 0 bridgehead atoms. The summed E-state index contributed by atoms with van der Waals surface area (Å²) in [6.45, 7) is 2.59. The summed E-state index contributed by atoms with van der Waals surface area (Å²) in [6.07, 6.45) is 0. The maximum absolute atomic E-state index is 12.3. The van der Waals surface area contributed by atoms with E-state index >= 15 is 0 Å². The van der Waals surface area contributed by atoms with E-state index in [0.717, 1.165) is 4.90 Å². The quantitative estimate of drug-likeness (QED) is 0.591. The standard InChI is InChI=1S/C11H19N3O5/c1-11(2,6-15)13(3)10(19)14-5-8(16)12-4-7(14)9(17)18/h7,15H,4-6H2,1-3H3,(H,12,16)(H,17,18). The van der Waals surface area contributed by atoms with Gasteiger partial charge in [-0.25, -0.2) is 9.59 Å². The van der Waals surface area contributed by atoms with Crippen LogP contribution in [0.1, 0.15) is 13.8 Å². The van der Waals surface area contributed by atoms with Crippen LogP contribution >= 0.6 is 0 Å². The molecular formula is C11H19N3O5. The largest absolute Gasteiger partial charge is 0.480 e. The van der Waals surface area contributed by atoms with Crippen molar-refractivity contribution in [2.75, 3.05) is 26.7 Å². The van der Waals surface area contributed by atoms with Gasteiger partial charge in [0.1, 0.15) is 12.6 Å². The minimum absolute atomic E-state index is 0.118. The van der Waals surface area contributed by atoms with Crippen molar-refractivity contribution in [3.8, 4) is 0 Å². The second-order valence-electron chi connectivity index (χ2n) is 5.10. The molecule has 3 N–H and O–H groups in total. The van der Waals surface area contributed by atoms with Gasteiger partial charge in [-0.3, -0.25) is 9.69 Å². The molecule has 1 heterocycles. The van der Waals surface area contributed by atoms with E-state index in [1.54, 1.807) is 13.8 Å². The van der Waals surface area contributed by atoms with Crippen molar-refractivity contribution >= 4 is 17.9 Å².